The largest absolute Gasteiger partial charge is 0.466 e. The highest BCUT2D eigenvalue weighted by Gasteiger charge is 2.66. The molecule has 4 bridgehead atoms. The van der Waals surface area contributed by atoms with Gasteiger partial charge in [0, 0.05) is 44.2 Å². The molecule has 2 saturated heterocycles. The van der Waals surface area contributed by atoms with Gasteiger partial charge in [0.1, 0.15) is 0 Å². The first kappa shape index (κ1) is 18.8. The van der Waals surface area contributed by atoms with Gasteiger partial charge in [-0.3, -0.25) is 9.59 Å². The average molecular weight is 393 g/mol. The second-order valence-electron chi connectivity index (χ2n) is 9.39. The number of carbonyl (C=O) groups excluding carboxylic acids is 2. The van der Waals surface area contributed by atoms with Gasteiger partial charge in [-0.15, -0.1) is 0 Å². The van der Waals surface area contributed by atoms with E-state index in [1.165, 1.54) is 32.1 Å². The van der Waals surface area contributed by atoms with Crippen molar-refractivity contribution >= 4 is 11.9 Å². The van der Waals surface area contributed by atoms with E-state index in [-0.39, 0.29) is 24.7 Å². The van der Waals surface area contributed by atoms with E-state index in [9.17, 15) is 9.59 Å². The summed E-state index contributed by atoms with van der Waals surface area (Å²) in [7, 11) is 0. The summed E-state index contributed by atoms with van der Waals surface area (Å²) in [6.07, 6.45) is 7.75. The van der Waals surface area contributed by atoms with Crippen LogP contribution in [0, 0.1) is 23.7 Å². The highest BCUT2D eigenvalue weighted by atomic mass is 17.3. The van der Waals surface area contributed by atoms with Crippen LogP contribution in [0.1, 0.15) is 64.7 Å². The quantitative estimate of drug-likeness (QED) is 0.540. The van der Waals surface area contributed by atoms with Gasteiger partial charge in [0.15, 0.2) is 0 Å². The Bertz CT molecular complexity index is 613. The molecule has 0 aromatic rings. The fourth-order valence-corrected chi connectivity index (χ4v) is 6.49. The fraction of sp³-hybridized carbons (Fsp3) is 0.905. The van der Waals surface area contributed by atoms with E-state index in [1.807, 2.05) is 0 Å². The van der Waals surface area contributed by atoms with E-state index in [4.69, 9.17) is 19.2 Å². The average Bonchev–Trinajstić information content (AvgIpc) is 3.05. The van der Waals surface area contributed by atoms with Crippen molar-refractivity contribution in [2.24, 2.45) is 23.7 Å². The number of nitrogens with zero attached hydrogens (tertiary/aromatic N) is 1. The Balaban J connectivity index is 1.17. The number of piperidine rings is 1. The first-order valence-corrected chi connectivity index (χ1v) is 11.0. The van der Waals surface area contributed by atoms with Crippen molar-refractivity contribution in [2.75, 3.05) is 19.7 Å². The van der Waals surface area contributed by atoms with Gasteiger partial charge in [-0.25, -0.2) is 0 Å². The first-order valence-electron chi connectivity index (χ1n) is 11.0. The SMILES string of the molecule is CCOC(=O)CCC(=O)N1CCC2(CC1)OOC1(O2)C2CC3CC(C2)CC1C3. The molecular weight excluding hydrogens is 362 g/mol. The van der Waals surface area contributed by atoms with E-state index < -0.39 is 11.6 Å². The third-order valence-corrected chi connectivity index (χ3v) is 7.67. The Morgan fingerprint density at radius 1 is 0.964 bits per heavy atom. The number of hydrogen-bond acceptors (Lipinski definition) is 6. The van der Waals surface area contributed by atoms with E-state index in [0.29, 0.717) is 44.4 Å². The number of ether oxygens (including phenoxy) is 2. The highest BCUT2D eigenvalue weighted by molar-refractivity contribution is 5.81. The maximum absolute atomic E-state index is 12.4. The molecule has 7 nitrogen and oxygen atoms in total. The van der Waals surface area contributed by atoms with Crippen molar-refractivity contribution in [1.82, 2.24) is 4.90 Å². The summed E-state index contributed by atoms with van der Waals surface area (Å²) in [6, 6.07) is 0. The number of esters is 1. The molecule has 7 heteroatoms. The minimum Gasteiger partial charge on any atom is -0.466 e. The normalized spacial score (nSPS) is 40.4. The van der Waals surface area contributed by atoms with Gasteiger partial charge < -0.3 is 14.4 Å². The van der Waals surface area contributed by atoms with Crippen LogP contribution in [-0.4, -0.2) is 48.0 Å². The molecule has 28 heavy (non-hydrogen) atoms. The molecular formula is C21H31NO6. The molecule has 4 aliphatic carbocycles. The molecule has 2 spiro atoms. The Labute approximate surface area is 165 Å². The zero-order chi connectivity index (χ0) is 19.4. The predicted molar refractivity (Wildman–Crippen MR) is 97.4 cm³/mol. The van der Waals surface area contributed by atoms with Gasteiger partial charge in [-0.05, 0) is 50.9 Å². The summed E-state index contributed by atoms with van der Waals surface area (Å²) >= 11 is 0. The van der Waals surface area contributed by atoms with Gasteiger partial charge in [0.05, 0.1) is 13.0 Å². The summed E-state index contributed by atoms with van der Waals surface area (Å²) in [5.74, 6) is 0.998. The van der Waals surface area contributed by atoms with Crippen LogP contribution < -0.4 is 0 Å². The van der Waals surface area contributed by atoms with Crippen LogP contribution in [0.2, 0.25) is 0 Å². The molecule has 6 rings (SSSR count). The Hall–Kier alpha value is -1.18. The predicted octanol–water partition coefficient (Wildman–Crippen LogP) is 2.78. The molecule has 6 fully saturated rings. The van der Waals surface area contributed by atoms with Crippen LogP contribution in [0.5, 0.6) is 0 Å². The van der Waals surface area contributed by atoms with Crippen LogP contribution in [0.25, 0.3) is 0 Å². The molecule has 2 heterocycles. The van der Waals surface area contributed by atoms with Crippen molar-refractivity contribution in [1.29, 1.82) is 0 Å². The smallest absolute Gasteiger partial charge is 0.306 e. The lowest BCUT2D eigenvalue weighted by Crippen LogP contribution is -2.59. The minimum absolute atomic E-state index is 0.00819. The maximum Gasteiger partial charge on any atom is 0.306 e. The van der Waals surface area contributed by atoms with Crippen molar-refractivity contribution in [3.8, 4) is 0 Å². The van der Waals surface area contributed by atoms with Crippen LogP contribution in [0.3, 0.4) is 0 Å². The highest BCUT2D eigenvalue weighted by Crippen LogP contribution is 2.63. The molecule has 0 aromatic carbocycles. The van der Waals surface area contributed by atoms with Crippen LogP contribution in [-0.2, 0) is 28.8 Å². The van der Waals surface area contributed by atoms with E-state index >= 15 is 0 Å². The molecule has 4 saturated carbocycles. The Morgan fingerprint density at radius 2 is 1.61 bits per heavy atom. The van der Waals surface area contributed by atoms with Crippen molar-refractivity contribution in [2.45, 2.75) is 76.3 Å². The van der Waals surface area contributed by atoms with Gasteiger partial charge in [0.2, 0.25) is 17.5 Å². The lowest BCUT2D eigenvalue weighted by Gasteiger charge is -2.57. The molecule has 0 radical (unpaired) electrons. The van der Waals surface area contributed by atoms with Gasteiger partial charge >= 0.3 is 5.97 Å². The second kappa shape index (κ2) is 6.96. The number of likely N-dealkylation sites (tertiary alicyclic amines) is 1. The van der Waals surface area contributed by atoms with Crippen LogP contribution >= 0.6 is 0 Å². The third kappa shape index (κ3) is 3.06. The third-order valence-electron chi connectivity index (χ3n) is 7.67. The maximum atomic E-state index is 12.4. The molecule has 6 aliphatic rings. The van der Waals surface area contributed by atoms with Crippen molar-refractivity contribution in [3.05, 3.63) is 0 Å². The number of carbonyl (C=O) groups is 2. The fourth-order valence-electron chi connectivity index (χ4n) is 6.49. The molecule has 1 amide bonds. The Kier molecular flexibility index (Phi) is 4.68. The number of hydrogen-bond donors (Lipinski definition) is 0. The lowest BCUT2D eigenvalue weighted by molar-refractivity contribution is -0.390. The molecule has 156 valence electrons. The van der Waals surface area contributed by atoms with Crippen molar-refractivity contribution < 1.29 is 28.8 Å². The summed E-state index contributed by atoms with van der Waals surface area (Å²) in [6.45, 7) is 3.26. The standard InChI is InChI=1S/C21H31NO6/c1-2-25-19(24)4-3-18(23)22-7-5-20(6-8-22)26-21(28-27-20)16-10-14-9-15(12-16)13-17(21)11-14/h14-17H,2-13H2,1H3. The molecule has 0 atom stereocenters. The molecule has 0 aromatic heterocycles. The molecule has 0 N–H and O–H groups in total. The van der Waals surface area contributed by atoms with E-state index in [0.717, 1.165) is 11.8 Å². The molecule has 0 unspecified atom stereocenters. The number of rotatable bonds is 4. The van der Waals surface area contributed by atoms with E-state index in [2.05, 4.69) is 0 Å². The zero-order valence-electron chi connectivity index (χ0n) is 16.7. The van der Waals surface area contributed by atoms with E-state index in [1.54, 1.807) is 11.8 Å². The summed E-state index contributed by atoms with van der Waals surface area (Å²) in [5, 5.41) is 0. The van der Waals surface area contributed by atoms with Crippen molar-refractivity contribution in [3.63, 3.8) is 0 Å². The molecule has 2 aliphatic heterocycles. The summed E-state index contributed by atoms with van der Waals surface area (Å²) in [5.41, 5.74) is 0. The van der Waals surface area contributed by atoms with Gasteiger partial charge in [-0.1, -0.05) is 0 Å². The van der Waals surface area contributed by atoms with Gasteiger partial charge in [0.25, 0.3) is 0 Å². The second-order valence-corrected chi connectivity index (χ2v) is 9.39. The zero-order valence-corrected chi connectivity index (χ0v) is 16.7. The monoisotopic (exact) mass is 393 g/mol. The summed E-state index contributed by atoms with van der Waals surface area (Å²) < 4.78 is 11.6. The van der Waals surface area contributed by atoms with Crippen LogP contribution in [0.15, 0.2) is 0 Å². The lowest BCUT2D eigenvalue weighted by atomic mass is 9.53. The Morgan fingerprint density at radius 3 is 2.21 bits per heavy atom. The minimum atomic E-state index is -0.715. The van der Waals surface area contributed by atoms with Crippen LogP contribution in [0.4, 0.5) is 0 Å². The van der Waals surface area contributed by atoms with Gasteiger partial charge in [-0.2, -0.15) is 9.78 Å². The topological polar surface area (TPSA) is 74.3 Å². The first-order chi connectivity index (χ1) is 13.5. The summed E-state index contributed by atoms with van der Waals surface area (Å²) in [4.78, 5) is 37.6. The number of amides is 1.